The number of nitrogens with one attached hydrogen (secondary N) is 2. The van der Waals surface area contributed by atoms with Gasteiger partial charge in [-0.25, -0.2) is 4.98 Å². The first-order valence-corrected chi connectivity index (χ1v) is 7.87. The number of rotatable bonds is 7. The second-order valence-corrected chi connectivity index (χ2v) is 5.36. The van der Waals surface area contributed by atoms with E-state index in [4.69, 9.17) is 4.52 Å². The summed E-state index contributed by atoms with van der Waals surface area (Å²) >= 11 is 0. The standard InChI is InChI=1S/C17H18N6O2/c1-12-22-17(25-23-12)14-3-2-7-19-16(14)20-10-6-15(24)21-11-13-4-8-18-9-5-13/h2-5,7-9H,6,10-11H2,1H3,(H,19,20)(H,21,24). The van der Waals surface area contributed by atoms with Gasteiger partial charge >= 0.3 is 0 Å². The van der Waals surface area contributed by atoms with Crippen LogP contribution in [0, 0.1) is 6.92 Å². The van der Waals surface area contributed by atoms with Crippen molar-refractivity contribution in [2.24, 2.45) is 0 Å². The van der Waals surface area contributed by atoms with Crippen LogP contribution in [0.4, 0.5) is 5.82 Å². The molecule has 0 saturated heterocycles. The smallest absolute Gasteiger partial charge is 0.261 e. The minimum Gasteiger partial charge on any atom is -0.369 e. The molecule has 0 unspecified atom stereocenters. The van der Waals surface area contributed by atoms with Crippen LogP contribution < -0.4 is 10.6 Å². The van der Waals surface area contributed by atoms with Crippen LogP contribution in [0.3, 0.4) is 0 Å². The lowest BCUT2D eigenvalue weighted by Gasteiger charge is -2.09. The van der Waals surface area contributed by atoms with Crippen LogP contribution >= 0.6 is 0 Å². The van der Waals surface area contributed by atoms with Crippen molar-refractivity contribution in [2.45, 2.75) is 19.9 Å². The number of aryl methyl sites for hydroxylation is 1. The molecule has 128 valence electrons. The fourth-order valence-corrected chi connectivity index (χ4v) is 2.21. The third-order valence-corrected chi connectivity index (χ3v) is 3.45. The Morgan fingerprint density at radius 3 is 2.80 bits per heavy atom. The summed E-state index contributed by atoms with van der Waals surface area (Å²) in [5, 5.41) is 9.79. The molecule has 3 aromatic rings. The van der Waals surface area contributed by atoms with Gasteiger partial charge in [-0.05, 0) is 36.8 Å². The molecule has 0 aliphatic heterocycles. The second kappa shape index (κ2) is 8.00. The molecule has 3 rings (SSSR count). The van der Waals surface area contributed by atoms with E-state index in [-0.39, 0.29) is 5.91 Å². The number of pyridine rings is 2. The Bertz CT molecular complexity index is 834. The molecule has 8 nitrogen and oxygen atoms in total. The predicted molar refractivity (Wildman–Crippen MR) is 91.5 cm³/mol. The lowest BCUT2D eigenvalue weighted by Crippen LogP contribution is -2.25. The zero-order chi connectivity index (χ0) is 17.5. The van der Waals surface area contributed by atoms with E-state index in [0.717, 1.165) is 5.56 Å². The Labute approximate surface area is 144 Å². The van der Waals surface area contributed by atoms with Crippen LogP contribution in [-0.2, 0) is 11.3 Å². The number of hydrogen-bond donors (Lipinski definition) is 2. The van der Waals surface area contributed by atoms with Crippen LogP contribution in [0.5, 0.6) is 0 Å². The molecule has 0 radical (unpaired) electrons. The summed E-state index contributed by atoms with van der Waals surface area (Å²) in [7, 11) is 0. The van der Waals surface area contributed by atoms with Crippen molar-refractivity contribution in [1.29, 1.82) is 0 Å². The van der Waals surface area contributed by atoms with Crippen molar-refractivity contribution < 1.29 is 9.32 Å². The van der Waals surface area contributed by atoms with Gasteiger partial charge in [0.1, 0.15) is 5.82 Å². The highest BCUT2D eigenvalue weighted by molar-refractivity contribution is 5.77. The van der Waals surface area contributed by atoms with Crippen LogP contribution in [-0.4, -0.2) is 32.6 Å². The second-order valence-electron chi connectivity index (χ2n) is 5.36. The van der Waals surface area contributed by atoms with E-state index >= 15 is 0 Å². The highest BCUT2D eigenvalue weighted by Crippen LogP contribution is 2.23. The monoisotopic (exact) mass is 338 g/mol. The minimum atomic E-state index is -0.0459. The highest BCUT2D eigenvalue weighted by atomic mass is 16.5. The number of amides is 1. The van der Waals surface area contributed by atoms with Crippen LogP contribution in [0.15, 0.2) is 47.4 Å². The number of hydrogen-bond acceptors (Lipinski definition) is 7. The van der Waals surface area contributed by atoms with Gasteiger partial charge in [-0.3, -0.25) is 9.78 Å². The predicted octanol–water partition coefficient (Wildman–Crippen LogP) is 1.95. The lowest BCUT2D eigenvalue weighted by molar-refractivity contribution is -0.121. The van der Waals surface area contributed by atoms with Gasteiger partial charge in [0.25, 0.3) is 5.89 Å². The molecule has 3 heterocycles. The molecule has 1 amide bonds. The van der Waals surface area contributed by atoms with Gasteiger partial charge in [-0.15, -0.1) is 0 Å². The lowest BCUT2D eigenvalue weighted by atomic mass is 10.2. The molecule has 0 aliphatic carbocycles. The molecular weight excluding hydrogens is 320 g/mol. The molecule has 25 heavy (non-hydrogen) atoms. The molecule has 0 fully saturated rings. The molecule has 0 aromatic carbocycles. The summed E-state index contributed by atoms with van der Waals surface area (Å²) in [4.78, 5) is 24.4. The molecule has 2 N–H and O–H groups in total. The van der Waals surface area contributed by atoms with Crippen LogP contribution in [0.2, 0.25) is 0 Å². The van der Waals surface area contributed by atoms with Gasteiger partial charge in [0.05, 0.1) is 5.56 Å². The van der Waals surface area contributed by atoms with Gasteiger partial charge in [-0.2, -0.15) is 4.98 Å². The summed E-state index contributed by atoms with van der Waals surface area (Å²) < 4.78 is 5.18. The van der Waals surface area contributed by atoms with Crippen molar-refractivity contribution >= 4 is 11.7 Å². The Hall–Kier alpha value is -3.29. The molecule has 0 aliphatic rings. The molecule has 8 heteroatoms. The van der Waals surface area contributed by atoms with Crippen molar-refractivity contribution in [1.82, 2.24) is 25.4 Å². The Balaban J connectivity index is 1.51. The van der Waals surface area contributed by atoms with E-state index in [1.807, 2.05) is 18.2 Å². The summed E-state index contributed by atoms with van der Waals surface area (Å²) in [6.07, 6.45) is 5.39. The zero-order valence-corrected chi connectivity index (χ0v) is 13.8. The molecular formula is C17H18N6O2. The summed E-state index contributed by atoms with van der Waals surface area (Å²) in [6.45, 7) is 2.68. The van der Waals surface area contributed by atoms with E-state index in [1.54, 1.807) is 31.6 Å². The average molecular weight is 338 g/mol. The maximum Gasteiger partial charge on any atom is 0.261 e. The quantitative estimate of drug-likeness (QED) is 0.678. The normalized spacial score (nSPS) is 10.4. The first-order valence-electron chi connectivity index (χ1n) is 7.87. The first-order chi connectivity index (χ1) is 12.2. The highest BCUT2D eigenvalue weighted by Gasteiger charge is 2.12. The van der Waals surface area contributed by atoms with E-state index in [2.05, 4.69) is 30.7 Å². The maximum absolute atomic E-state index is 11.9. The molecule has 0 saturated carbocycles. The minimum absolute atomic E-state index is 0.0459. The third kappa shape index (κ3) is 4.60. The molecule has 0 spiro atoms. The van der Waals surface area contributed by atoms with E-state index < -0.39 is 0 Å². The van der Waals surface area contributed by atoms with E-state index in [0.29, 0.717) is 42.6 Å². The molecule has 0 atom stereocenters. The van der Waals surface area contributed by atoms with Crippen LogP contribution in [0.1, 0.15) is 17.8 Å². The third-order valence-electron chi connectivity index (χ3n) is 3.45. The summed E-state index contributed by atoms with van der Waals surface area (Å²) in [5.41, 5.74) is 1.72. The summed E-state index contributed by atoms with van der Waals surface area (Å²) in [5.74, 6) is 1.51. The van der Waals surface area contributed by atoms with Crippen molar-refractivity contribution in [3.8, 4) is 11.5 Å². The van der Waals surface area contributed by atoms with Crippen molar-refractivity contribution in [3.63, 3.8) is 0 Å². The van der Waals surface area contributed by atoms with Crippen LogP contribution in [0.25, 0.3) is 11.5 Å². The number of aromatic nitrogens is 4. The average Bonchev–Trinajstić information content (AvgIpc) is 3.07. The topological polar surface area (TPSA) is 106 Å². The van der Waals surface area contributed by atoms with Gasteiger partial charge in [-0.1, -0.05) is 5.16 Å². The SMILES string of the molecule is Cc1noc(-c2cccnc2NCCC(=O)NCc2ccncc2)n1. The number of carbonyl (C=O) groups is 1. The fraction of sp³-hybridized carbons (Fsp3) is 0.235. The number of nitrogens with zero attached hydrogens (tertiary/aromatic N) is 4. The molecule has 3 aromatic heterocycles. The van der Waals surface area contributed by atoms with Gasteiger partial charge in [0, 0.05) is 38.1 Å². The van der Waals surface area contributed by atoms with Gasteiger partial charge in [0.2, 0.25) is 5.91 Å². The summed E-state index contributed by atoms with van der Waals surface area (Å²) in [6, 6.07) is 7.36. The van der Waals surface area contributed by atoms with Crippen molar-refractivity contribution in [2.75, 3.05) is 11.9 Å². The van der Waals surface area contributed by atoms with Crippen molar-refractivity contribution in [3.05, 3.63) is 54.2 Å². The molecule has 0 bridgehead atoms. The van der Waals surface area contributed by atoms with E-state index in [9.17, 15) is 4.79 Å². The number of carbonyl (C=O) groups excluding carboxylic acids is 1. The Kier molecular flexibility index (Phi) is 5.30. The zero-order valence-electron chi connectivity index (χ0n) is 13.8. The fourth-order valence-electron chi connectivity index (χ4n) is 2.21. The number of anilines is 1. The first kappa shape index (κ1) is 16.6. The Morgan fingerprint density at radius 1 is 1.20 bits per heavy atom. The largest absolute Gasteiger partial charge is 0.369 e. The Morgan fingerprint density at radius 2 is 2.04 bits per heavy atom. The maximum atomic E-state index is 11.9. The van der Waals surface area contributed by atoms with Gasteiger partial charge < -0.3 is 15.2 Å². The van der Waals surface area contributed by atoms with E-state index in [1.165, 1.54) is 0 Å². The van der Waals surface area contributed by atoms with Gasteiger partial charge in [0.15, 0.2) is 5.82 Å².